The van der Waals surface area contributed by atoms with Crippen LogP contribution >= 0.6 is 0 Å². The van der Waals surface area contributed by atoms with E-state index in [-0.39, 0.29) is 18.9 Å². The molecule has 0 saturated carbocycles. The van der Waals surface area contributed by atoms with Crippen molar-refractivity contribution in [3.05, 3.63) is 0 Å². The van der Waals surface area contributed by atoms with Gasteiger partial charge < -0.3 is 65.1 Å². The maximum Gasteiger partial charge on any atom is 0.220 e. The quantitative estimate of drug-likeness (QED) is 0.0267. The van der Waals surface area contributed by atoms with Crippen LogP contribution in [0.2, 0.25) is 0 Å². The molecule has 2 aliphatic heterocycles. The fraction of sp³-hybridized carbons (Fsp3) is 0.981. The minimum Gasteiger partial charge on any atom is -0.394 e. The monoisotopic (exact) mass is 948 g/mol. The molecule has 12 atom stereocenters. The van der Waals surface area contributed by atoms with Gasteiger partial charge in [0.25, 0.3) is 0 Å². The molecule has 2 aliphatic rings. The smallest absolute Gasteiger partial charge is 0.220 e. The van der Waals surface area contributed by atoms with Crippen molar-refractivity contribution in [3.63, 3.8) is 0 Å². The van der Waals surface area contributed by atoms with Gasteiger partial charge in [0.05, 0.1) is 32.0 Å². The maximum atomic E-state index is 12.6. The lowest BCUT2D eigenvalue weighted by Gasteiger charge is -2.46. The zero-order valence-corrected chi connectivity index (χ0v) is 41.7. The van der Waals surface area contributed by atoms with Crippen molar-refractivity contribution in [2.24, 2.45) is 0 Å². The van der Waals surface area contributed by atoms with E-state index in [2.05, 4.69) is 12.2 Å². The molecular formula is C52H101NO13. The van der Waals surface area contributed by atoms with Gasteiger partial charge in [-0.25, -0.2) is 0 Å². The molecule has 0 aromatic rings. The van der Waals surface area contributed by atoms with E-state index in [0.717, 1.165) is 25.7 Å². The highest BCUT2D eigenvalue weighted by Crippen LogP contribution is 2.30. The lowest BCUT2D eigenvalue weighted by atomic mass is 9.97. The Morgan fingerprint density at radius 3 is 1.26 bits per heavy atom. The summed E-state index contributed by atoms with van der Waals surface area (Å²) in [6.07, 6.45) is 26.3. The number of nitrogens with one attached hydrogen (secondary N) is 1. The Hall–Kier alpha value is -1.01. The molecule has 0 spiro atoms. The molecule has 14 nitrogen and oxygen atoms in total. The van der Waals surface area contributed by atoms with Gasteiger partial charge in [0.15, 0.2) is 12.6 Å². The van der Waals surface area contributed by atoms with Gasteiger partial charge in [-0.1, -0.05) is 213 Å². The van der Waals surface area contributed by atoms with Crippen molar-refractivity contribution >= 4 is 5.91 Å². The van der Waals surface area contributed by atoms with E-state index in [4.69, 9.17) is 18.9 Å². The second-order valence-corrected chi connectivity index (χ2v) is 19.7. The Kier molecular flexibility index (Phi) is 36.7. The van der Waals surface area contributed by atoms with E-state index < -0.39 is 86.8 Å². The van der Waals surface area contributed by atoms with Crippen LogP contribution in [0.1, 0.15) is 232 Å². The molecule has 2 rings (SSSR count). The van der Waals surface area contributed by atoms with Gasteiger partial charge in [-0.05, 0) is 12.8 Å². The summed E-state index contributed by atoms with van der Waals surface area (Å²) in [5, 5.41) is 85.9. The topological polar surface area (TPSA) is 228 Å². The standard InChI is InChI=1S/C52H101NO13/c1-3-5-6-7-8-9-10-11-12-13-14-15-16-17-18-19-20-21-22-23-24-25-26-27-28-29-30-31-32-33-34-36-41(56)40(53-44(57)35-4-2)39-63-51-49(62)47(60)50(43(38-55)65-51)66-52-48(61)46(59)45(58)42(37-54)64-52/h40-43,45-52,54-56,58-62H,3-39H2,1-2H3,(H,53,57). The number of carbonyl (C=O) groups is 1. The molecule has 0 aromatic carbocycles. The molecule has 0 bridgehead atoms. The highest BCUT2D eigenvalue weighted by molar-refractivity contribution is 5.76. The minimum absolute atomic E-state index is 0.249. The zero-order chi connectivity index (χ0) is 48.2. The molecular weight excluding hydrogens is 847 g/mol. The number of hydrogen-bond acceptors (Lipinski definition) is 13. The molecule has 0 aromatic heterocycles. The fourth-order valence-electron chi connectivity index (χ4n) is 9.40. The number of aliphatic hydroxyl groups is 8. The number of hydrogen-bond donors (Lipinski definition) is 9. The maximum absolute atomic E-state index is 12.6. The molecule has 2 fully saturated rings. The average Bonchev–Trinajstić information content (AvgIpc) is 3.31. The number of carbonyl (C=O) groups excluding carboxylic acids is 1. The summed E-state index contributed by atoms with van der Waals surface area (Å²) in [4.78, 5) is 12.6. The van der Waals surface area contributed by atoms with Crippen LogP contribution in [-0.2, 0) is 23.7 Å². The molecule has 1 amide bonds. The Morgan fingerprint density at radius 2 is 0.864 bits per heavy atom. The summed E-state index contributed by atoms with van der Waals surface area (Å²) in [7, 11) is 0. The van der Waals surface area contributed by atoms with Crippen LogP contribution in [0.3, 0.4) is 0 Å². The Balaban J connectivity index is 1.49. The van der Waals surface area contributed by atoms with E-state index in [1.54, 1.807) is 0 Å². The Labute approximate surface area is 400 Å². The number of amides is 1. The van der Waals surface area contributed by atoms with Crippen LogP contribution in [0.25, 0.3) is 0 Å². The van der Waals surface area contributed by atoms with E-state index >= 15 is 0 Å². The predicted molar refractivity (Wildman–Crippen MR) is 259 cm³/mol. The number of rotatable bonds is 43. The highest BCUT2D eigenvalue weighted by Gasteiger charge is 2.51. The molecule has 9 N–H and O–H groups in total. The third-order valence-corrected chi connectivity index (χ3v) is 13.8. The number of unbranched alkanes of at least 4 members (excludes halogenated alkanes) is 30. The second kappa shape index (κ2) is 39.7. The third-order valence-electron chi connectivity index (χ3n) is 13.8. The van der Waals surface area contributed by atoms with Crippen LogP contribution in [0.15, 0.2) is 0 Å². The summed E-state index contributed by atoms with van der Waals surface area (Å²) >= 11 is 0. The van der Waals surface area contributed by atoms with E-state index in [1.165, 1.54) is 173 Å². The first kappa shape index (κ1) is 61.1. The lowest BCUT2D eigenvalue weighted by molar-refractivity contribution is -0.359. The first-order valence-corrected chi connectivity index (χ1v) is 27.3. The van der Waals surface area contributed by atoms with Gasteiger partial charge >= 0.3 is 0 Å². The molecule has 0 aliphatic carbocycles. The highest BCUT2D eigenvalue weighted by atomic mass is 16.7. The second-order valence-electron chi connectivity index (χ2n) is 19.7. The Morgan fingerprint density at radius 1 is 0.485 bits per heavy atom. The molecule has 12 unspecified atom stereocenters. The summed E-state index contributed by atoms with van der Waals surface area (Å²) in [5.41, 5.74) is 0. The van der Waals surface area contributed by atoms with Gasteiger partial charge in [-0.2, -0.15) is 0 Å². The molecule has 14 heteroatoms. The van der Waals surface area contributed by atoms with Crippen LogP contribution < -0.4 is 5.32 Å². The summed E-state index contributed by atoms with van der Waals surface area (Å²) < 4.78 is 22.5. The predicted octanol–water partition coefficient (Wildman–Crippen LogP) is 7.78. The van der Waals surface area contributed by atoms with Crippen molar-refractivity contribution in [1.82, 2.24) is 5.32 Å². The first-order valence-electron chi connectivity index (χ1n) is 27.3. The fourth-order valence-corrected chi connectivity index (χ4v) is 9.40. The van der Waals surface area contributed by atoms with Crippen molar-refractivity contribution in [2.45, 2.75) is 306 Å². The molecule has 2 heterocycles. The van der Waals surface area contributed by atoms with Gasteiger partial charge in [-0.3, -0.25) is 4.79 Å². The van der Waals surface area contributed by atoms with Gasteiger partial charge in [0, 0.05) is 6.42 Å². The summed E-state index contributed by atoms with van der Waals surface area (Å²) in [5.74, 6) is -0.257. The summed E-state index contributed by atoms with van der Waals surface area (Å²) in [6, 6.07) is -0.818. The SMILES string of the molecule is CCCCCCCCCCCCCCCCCCCCCCCCCCCCCCCCCC(O)C(COC1OC(CO)C(OC2OC(CO)C(O)C(O)C2O)C(O)C1O)NC(=O)CCC. The van der Waals surface area contributed by atoms with Crippen molar-refractivity contribution in [2.75, 3.05) is 19.8 Å². The molecule has 2 saturated heterocycles. The van der Waals surface area contributed by atoms with Crippen molar-refractivity contribution < 1.29 is 64.6 Å². The van der Waals surface area contributed by atoms with Crippen LogP contribution in [0.4, 0.5) is 0 Å². The third kappa shape index (κ3) is 26.3. The van der Waals surface area contributed by atoms with Crippen LogP contribution in [0, 0.1) is 0 Å². The lowest BCUT2D eigenvalue weighted by Crippen LogP contribution is -2.65. The van der Waals surface area contributed by atoms with E-state index in [0.29, 0.717) is 12.8 Å². The van der Waals surface area contributed by atoms with Crippen LogP contribution in [-0.4, -0.2) is 140 Å². The minimum atomic E-state index is -1.78. The number of aliphatic hydroxyl groups excluding tert-OH is 8. The molecule has 66 heavy (non-hydrogen) atoms. The molecule has 0 radical (unpaired) electrons. The average molecular weight is 948 g/mol. The molecule has 392 valence electrons. The summed E-state index contributed by atoms with van der Waals surface area (Å²) in [6.45, 7) is 2.51. The number of ether oxygens (including phenoxy) is 4. The van der Waals surface area contributed by atoms with Crippen LogP contribution in [0.5, 0.6) is 0 Å². The Bertz CT molecular complexity index is 1120. The zero-order valence-electron chi connectivity index (χ0n) is 41.7. The van der Waals surface area contributed by atoms with Crippen molar-refractivity contribution in [3.8, 4) is 0 Å². The van der Waals surface area contributed by atoms with Gasteiger partial charge in [0.1, 0.15) is 48.8 Å². The van der Waals surface area contributed by atoms with E-state index in [1.807, 2.05) is 6.92 Å². The van der Waals surface area contributed by atoms with Crippen molar-refractivity contribution in [1.29, 1.82) is 0 Å². The normalized spacial score (nSPS) is 26.7. The van der Waals surface area contributed by atoms with Gasteiger partial charge in [0.2, 0.25) is 5.91 Å². The van der Waals surface area contributed by atoms with E-state index in [9.17, 15) is 45.6 Å². The largest absolute Gasteiger partial charge is 0.394 e. The first-order chi connectivity index (χ1) is 32.1. The van der Waals surface area contributed by atoms with Gasteiger partial charge in [-0.15, -0.1) is 0 Å².